The van der Waals surface area contributed by atoms with Gasteiger partial charge in [-0.1, -0.05) is 0 Å². The minimum Gasteiger partial charge on any atom is -0.423 e. The lowest BCUT2D eigenvalue weighted by atomic mass is 9.77. The lowest BCUT2D eigenvalue weighted by Crippen LogP contribution is -2.53. The standard InChI is InChI=1S/C12H17BN2O3/c1-11(2,16)12(3,4)18-13(17)9-5-6-15-10(7-9)8-14/h5-7,16-17H,1-4H3. The zero-order valence-corrected chi connectivity index (χ0v) is 11.0. The Balaban J connectivity index is 2.89. The Labute approximate surface area is 107 Å². The fourth-order valence-electron chi connectivity index (χ4n) is 1.15. The van der Waals surface area contributed by atoms with E-state index in [0.29, 0.717) is 5.46 Å². The van der Waals surface area contributed by atoms with Crippen molar-refractivity contribution < 1.29 is 14.8 Å². The van der Waals surface area contributed by atoms with E-state index in [2.05, 4.69) is 4.98 Å². The van der Waals surface area contributed by atoms with Gasteiger partial charge in [-0.3, -0.25) is 0 Å². The maximum atomic E-state index is 9.97. The van der Waals surface area contributed by atoms with Crippen molar-refractivity contribution >= 4 is 12.6 Å². The Bertz CT molecular complexity index is 463. The first-order valence-electron chi connectivity index (χ1n) is 5.62. The Morgan fingerprint density at radius 1 is 1.39 bits per heavy atom. The molecular formula is C12H17BN2O3. The molecular weight excluding hydrogens is 231 g/mol. The highest BCUT2D eigenvalue weighted by molar-refractivity contribution is 6.60. The number of rotatable bonds is 4. The summed E-state index contributed by atoms with van der Waals surface area (Å²) in [7, 11) is -1.22. The molecule has 0 unspecified atom stereocenters. The van der Waals surface area contributed by atoms with Crippen molar-refractivity contribution in [2.45, 2.75) is 38.9 Å². The third-order valence-electron chi connectivity index (χ3n) is 3.06. The van der Waals surface area contributed by atoms with Crippen molar-refractivity contribution in [1.29, 1.82) is 5.26 Å². The van der Waals surface area contributed by atoms with Crippen molar-refractivity contribution in [2.24, 2.45) is 0 Å². The van der Waals surface area contributed by atoms with Gasteiger partial charge in [-0.2, -0.15) is 5.26 Å². The Morgan fingerprint density at radius 3 is 2.50 bits per heavy atom. The molecule has 0 radical (unpaired) electrons. The van der Waals surface area contributed by atoms with Crippen LogP contribution in [-0.2, 0) is 4.65 Å². The van der Waals surface area contributed by atoms with Gasteiger partial charge in [-0.15, -0.1) is 0 Å². The van der Waals surface area contributed by atoms with Crippen LogP contribution in [-0.4, -0.2) is 33.4 Å². The van der Waals surface area contributed by atoms with E-state index < -0.39 is 18.3 Å². The van der Waals surface area contributed by atoms with E-state index in [-0.39, 0.29) is 5.69 Å². The fraction of sp³-hybridized carbons (Fsp3) is 0.500. The Kier molecular flexibility index (Phi) is 4.12. The molecule has 1 aromatic heterocycles. The summed E-state index contributed by atoms with van der Waals surface area (Å²) in [5, 5.41) is 28.6. The minimum absolute atomic E-state index is 0.205. The SMILES string of the molecule is CC(C)(O)C(C)(C)OB(O)c1ccnc(C#N)c1. The van der Waals surface area contributed by atoms with Gasteiger partial charge in [0.15, 0.2) is 0 Å². The first-order valence-corrected chi connectivity index (χ1v) is 5.62. The van der Waals surface area contributed by atoms with Crippen LogP contribution in [0.2, 0.25) is 0 Å². The topological polar surface area (TPSA) is 86.4 Å². The zero-order chi connectivity index (χ0) is 14.0. The number of hydrogen-bond donors (Lipinski definition) is 2. The second-order valence-corrected chi connectivity index (χ2v) is 5.13. The largest absolute Gasteiger partial charge is 0.491 e. The molecule has 0 fully saturated rings. The summed E-state index contributed by atoms with van der Waals surface area (Å²) < 4.78 is 5.46. The molecule has 1 heterocycles. The van der Waals surface area contributed by atoms with Gasteiger partial charge >= 0.3 is 7.12 Å². The van der Waals surface area contributed by atoms with Crippen molar-refractivity contribution in [3.8, 4) is 6.07 Å². The molecule has 0 aliphatic rings. The highest BCUT2D eigenvalue weighted by atomic mass is 16.5. The van der Waals surface area contributed by atoms with Gasteiger partial charge in [0.2, 0.25) is 0 Å². The molecule has 0 amide bonds. The molecule has 0 atom stereocenters. The maximum absolute atomic E-state index is 9.97. The van der Waals surface area contributed by atoms with Crippen LogP contribution in [0.1, 0.15) is 33.4 Å². The predicted octanol–water partition coefficient (Wildman–Crippen LogP) is 0.207. The number of aliphatic hydroxyl groups is 1. The molecule has 6 heteroatoms. The van der Waals surface area contributed by atoms with Gasteiger partial charge in [0.1, 0.15) is 11.8 Å². The van der Waals surface area contributed by atoms with Gasteiger partial charge < -0.3 is 14.8 Å². The van der Waals surface area contributed by atoms with Crippen LogP contribution in [0.15, 0.2) is 18.3 Å². The van der Waals surface area contributed by atoms with Crippen LogP contribution < -0.4 is 5.46 Å². The molecule has 0 aliphatic heterocycles. The molecule has 0 aliphatic carbocycles. The quantitative estimate of drug-likeness (QED) is 0.743. The van der Waals surface area contributed by atoms with Crippen LogP contribution in [0, 0.1) is 11.3 Å². The van der Waals surface area contributed by atoms with Gasteiger partial charge in [0.25, 0.3) is 0 Å². The first-order chi connectivity index (χ1) is 8.17. The lowest BCUT2D eigenvalue weighted by molar-refractivity contribution is -0.0982. The number of aromatic nitrogens is 1. The molecule has 0 spiro atoms. The first kappa shape index (κ1) is 14.6. The number of hydrogen-bond acceptors (Lipinski definition) is 5. The zero-order valence-electron chi connectivity index (χ0n) is 11.0. The Hall–Kier alpha value is -1.42. The Morgan fingerprint density at radius 2 is 2.00 bits per heavy atom. The molecule has 0 saturated heterocycles. The van der Waals surface area contributed by atoms with E-state index in [9.17, 15) is 10.1 Å². The molecule has 2 N–H and O–H groups in total. The lowest BCUT2D eigenvalue weighted by Gasteiger charge is -2.38. The van der Waals surface area contributed by atoms with E-state index in [1.807, 2.05) is 6.07 Å². The number of nitrogens with zero attached hydrogens (tertiary/aromatic N) is 2. The number of nitriles is 1. The summed E-state index contributed by atoms with van der Waals surface area (Å²) in [6, 6.07) is 4.90. The number of pyridine rings is 1. The summed E-state index contributed by atoms with van der Waals surface area (Å²) in [4.78, 5) is 3.81. The molecule has 5 nitrogen and oxygen atoms in total. The normalized spacial score (nSPS) is 12.1. The van der Waals surface area contributed by atoms with Crippen molar-refractivity contribution in [2.75, 3.05) is 0 Å². The maximum Gasteiger partial charge on any atom is 0.491 e. The van der Waals surface area contributed by atoms with E-state index in [0.717, 1.165) is 0 Å². The van der Waals surface area contributed by atoms with E-state index in [4.69, 9.17) is 9.92 Å². The second kappa shape index (κ2) is 5.06. The van der Waals surface area contributed by atoms with Crippen molar-refractivity contribution in [3.63, 3.8) is 0 Å². The molecule has 0 aromatic carbocycles. The predicted molar refractivity (Wildman–Crippen MR) is 68.0 cm³/mol. The molecule has 18 heavy (non-hydrogen) atoms. The summed E-state index contributed by atoms with van der Waals surface area (Å²) >= 11 is 0. The third-order valence-corrected chi connectivity index (χ3v) is 3.06. The highest BCUT2D eigenvalue weighted by Crippen LogP contribution is 2.25. The van der Waals surface area contributed by atoms with E-state index >= 15 is 0 Å². The van der Waals surface area contributed by atoms with Crippen molar-refractivity contribution in [3.05, 3.63) is 24.0 Å². The molecule has 0 bridgehead atoms. The van der Waals surface area contributed by atoms with Crippen LogP contribution in [0.25, 0.3) is 0 Å². The van der Waals surface area contributed by atoms with Gasteiger partial charge in [0, 0.05) is 6.20 Å². The van der Waals surface area contributed by atoms with Crippen LogP contribution >= 0.6 is 0 Å². The summed E-state index contributed by atoms with van der Waals surface area (Å²) in [6.07, 6.45) is 1.43. The van der Waals surface area contributed by atoms with Gasteiger partial charge in [-0.05, 0) is 45.3 Å². The van der Waals surface area contributed by atoms with Crippen LogP contribution in [0.5, 0.6) is 0 Å². The van der Waals surface area contributed by atoms with Gasteiger partial charge in [-0.25, -0.2) is 4.98 Å². The second-order valence-electron chi connectivity index (χ2n) is 5.13. The van der Waals surface area contributed by atoms with E-state index in [1.54, 1.807) is 33.8 Å². The van der Waals surface area contributed by atoms with Crippen LogP contribution in [0.3, 0.4) is 0 Å². The molecule has 1 rings (SSSR count). The smallest absolute Gasteiger partial charge is 0.423 e. The van der Waals surface area contributed by atoms with Crippen LogP contribution in [0.4, 0.5) is 0 Å². The average molecular weight is 248 g/mol. The summed E-state index contributed by atoms with van der Waals surface area (Å²) in [6.45, 7) is 6.57. The minimum atomic E-state index is -1.22. The highest BCUT2D eigenvalue weighted by Gasteiger charge is 2.39. The molecule has 0 saturated carbocycles. The summed E-state index contributed by atoms with van der Waals surface area (Å²) in [5.74, 6) is 0. The molecule has 96 valence electrons. The third kappa shape index (κ3) is 3.29. The van der Waals surface area contributed by atoms with Crippen molar-refractivity contribution in [1.82, 2.24) is 4.98 Å². The monoisotopic (exact) mass is 248 g/mol. The van der Waals surface area contributed by atoms with E-state index in [1.165, 1.54) is 12.3 Å². The summed E-state index contributed by atoms with van der Waals surface area (Å²) in [5.41, 5.74) is -1.42. The fourth-order valence-corrected chi connectivity index (χ4v) is 1.15. The average Bonchev–Trinajstić information content (AvgIpc) is 2.27. The molecule has 1 aromatic rings. The van der Waals surface area contributed by atoms with Gasteiger partial charge in [0.05, 0.1) is 11.2 Å².